The van der Waals surface area contributed by atoms with Crippen LogP contribution in [0.1, 0.15) is 37.2 Å². The second-order valence-corrected chi connectivity index (χ2v) is 5.65. The van der Waals surface area contributed by atoms with Crippen molar-refractivity contribution in [1.82, 2.24) is 4.90 Å². The summed E-state index contributed by atoms with van der Waals surface area (Å²) >= 11 is 0. The summed E-state index contributed by atoms with van der Waals surface area (Å²) in [6.07, 6.45) is 4.36. The monoisotopic (exact) mass is 259 g/mol. The van der Waals surface area contributed by atoms with Gasteiger partial charge in [0.25, 0.3) is 0 Å². The van der Waals surface area contributed by atoms with Gasteiger partial charge in [0.15, 0.2) is 0 Å². The summed E-state index contributed by atoms with van der Waals surface area (Å²) in [7, 11) is 1.70. The number of amides is 1. The minimum Gasteiger partial charge on any atom is -0.497 e. The molecular formula is C16H21NO2. The normalized spacial score (nSPS) is 20.4. The van der Waals surface area contributed by atoms with Gasteiger partial charge in [0, 0.05) is 19.0 Å². The van der Waals surface area contributed by atoms with E-state index in [4.69, 9.17) is 4.74 Å². The van der Waals surface area contributed by atoms with Gasteiger partial charge in [-0.15, -0.1) is 0 Å². The lowest BCUT2D eigenvalue weighted by Crippen LogP contribution is -2.38. The van der Waals surface area contributed by atoms with Gasteiger partial charge in [-0.1, -0.05) is 12.1 Å². The summed E-state index contributed by atoms with van der Waals surface area (Å²) in [6.45, 7) is 1.83. The minimum atomic E-state index is 0.355. The third-order valence-electron chi connectivity index (χ3n) is 4.30. The Morgan fingerprint density at radius 1 is 1.21 bits per heavy atom. The molecule has 3 heteroatoms. The van der Waals surface area contributed by atoms with E-state index in [1.165, 1.54) is 5.56 Å². The van der Waals surface area contributed by atoms with Crippen molar-refractivity contribution in [2.75, 3.05) is 20.2 Å². The van der Waals surface area contributed by atoms with Crippen LogP contribution in [0.25, 0.3) is 0 Å². The van der Waals surface area contributed by atoms with Gasteiger partial charge < -0.3 is 9.64 Å². The molecule has 0 radical (unpaired) electrons. The first-order chi connectivity index (χ1) is 9.28. The first-order valence-corrected chi connectivity index (χ1v) is 7.20. The maximum absolute atomic E-state index is 12.0. The Morgan fingerprint density at radius 3 is 2.58 bits per heavy atom. The molecule has 1 aliphatic heterocycles. The number of nitrogens with zero attached hydrogens (tertiary/aromatic N) is 1. The summed E-state index contributed by atoms with van der Waals surface area (Å²) < 4.78 is 5.28. The molecule has 3 rings (SSSR count). The molecular weight excluding hydrogens is 238 g/mol. The summed E-state index contributed by atoms with van der Waals surface area (Å²) in [5.41, 5.74) is 1.35. The van der Waals surface area contributed by atoms with Crippen LogP contribution in [0.4, 0.5) is 0 Å². The first-order valence-electron chi connectivity index (χ1n) is 7.20. The molecule has 1 amide bonds. The van der Waals surface area contributed by atoms with Crippen LogP contribution in [0, 0.1) is 5.92 Å². The number of carbonyl (C=O) groups excluding carboxylic acids is 1. The van der Waals surface area contributed by atoms with Crippen molar-refractivity contribution in [3.8, 4) is 5.75 Å². The Hall–Kier alpha value is -1.51. The molecule has 1 aromatic rings. The zero-order chi connectivity index (χ0) is 13.2. The number of benzene rings is 1. The van der Waals surface area contributed by atoms with Crippen LogP contribution >= 0.6 is 0 Å². The molecule has 1 saturated carbocycles. The van der Waals surface area contributed by atoms with E-state index in [9.17, 15) is 4.79 Å². The van der Waals surface area contributed by atoms with Crippen molar-refractivity contribution in [3.63, 3.8) is 0 Å². The van der Waals surface area contributed by atoms with E-state index in [-0.39, 0.29) is 0 Å². The highest BCUT2D eigenvalue weighted by Crippen LogP contribution is 2.34. The van der Waals surface area contributed by atoms with Gasteiger partial charge in [-0.3, -0.25) is 4.79 Å². The van der Waals surface area contributed by atoms with Crippen LogP contribution in [-0.4, -0.2) is 31.0 Å². The highest BCUT2D eigenvalue weighted by molar-refractivity contribution is 5.81. The third kappa shape index (κ3) is 2.75. The zero-order valence-corrected chi connectivity index (χ0v) is 11.5. The van der Waals surface area contributed by atoms with E-state index >= 15 is 0 Å². The van der Waals surface area contributed by atoms with E-state index in [0.29, 0.717) is 17.7 Å². The Kier molecular flexibility index (Phi) is 3.45. The molecule has 1 aliphatic carbocycles. The van der Waals surface area contributed by atoms with Crippen LogP contribution in [0.2, 0.25) is 0 Å². The maximum atomic E-state index is 12.0. The Balaban J connectivity index is 1.61. The molecule has 0 spiro atoms. The fourth-order valence-corrected chi connectivity index (χ4v) is 2.92. The van der Waals surface area contributed by atoms with Crippen LogP contribution in [-0.2, 0) is 4.79 Å². The number of ether oxygens (including phenoxy) is 1. The molecule has 3 nitrogen and oxygen atoms in total. The number of hydrogen-bond acceptors (Lipinski definition) is 2. The quantitative estimate of drug-likeness (QED) is 0.835. The highest BCUT2D eigenvalue weighted by Gasteiger charge is 2.35. The fraction of sp³-hybridized carbons (Fsp3) is 0.562. The van der Waals surface area contributed by atoms with Crippen molar-refractivity contribution in [2.45, 2.75) is 31.6 Å². The van der Waals surface area contributed by atoms with Crippen molar-refractivity contribution in [1.29, 1.82) is 0 Å². The van der Waals surface area contributed by atoms with Crippen LogP contribution in [0.3, 0.4) is 0 Å². The Morgan fingerprint density at radius 2 is 1.95 bits per heavy atom. The molecule has 102 valence electrons. The average Bonchev–Trinajstić information content (AvgIpc) is 3.31. The molecule has 0 unspecified atom stereocenters. The molecule has 1 saturated heterocycles. The highest BCUT2D eigenvalue weighted by atomic mass is 16.5. The number of hydrogen-bond donors (Lipinski definition) is 0. The van der Waals surface area contributed by atoms with Gasteiger partial charge in [0.2, 0.25) is 5.91 Å². The Labute approximate surface area is 114 Å². The predicted octanol–water partition coefficient (Wildman–Crippen LogP) is 2.81. The van der Waals surface area contributed by atoms with Gasteiger partial charge in [-0.25, -0.2) is 0 Å². The van der Waals surface area contributed by atoms with Crippen LogP contribution < -0.4 is 4.74 Å². The number of likely N-dealkylation sites (tertiary alicyclic amines) is 1. The van der Waals surface area contributed by atoms with E-state index in [0.717, 1.165) is 44.5 Å². The first kappa shape index (κ1) is 12.5. The number of piperidine rings is 1. The molecule has 1 aromatic carbocycles. The lowest BCUT2D eigenvalue weighted by molar-refractivity contribution is -0.133. The zero-order valence-electron chi connectivity index (χ0n) is 11.5. The number of carbonyl (C=O) groups is 1. The molecule has 0 N–H and O–H groups in total. The summed E-state index contributed by atoms with van der Waals surface area (Å²) in [6, 6.07) is 8.33. The van der Waals surface area contributed by atoms with Crippen molar-refractivity contribution >= 4 is 5.91 Å². The Bertz CT molecular complexity index is 460. The van der Waals surface area contributed by atoms with E-state index in [1.54, 1.807) is 7.11 Å². The SMILES string of the molecule is COc1cccc(C2CCN(C(=O)C3CC3)CC2)c1. The van der Waals surface area contributed by atoms with Gasteiger partial charge in [0.1, 0.15) is 5.75 Å². The van der Waals surface area contributed by atoms with E-state index in [1.807, 2.05) is 6.07 Å². The topological polar surface area (TPSA) is 29.5 Å². The second-order valence-electron chi connectivity index (χ2n) is 5.65. The predicted molar refractivity (Wildman–Crippen MR) is 74.3 cm³/mol. The number of methoxy groups -OCH3 is 1. The van der Waals surface area contributed by atoms with Crippen molar-refractivity contribution in [3.05, 3.63) is 29.8 Å². The molecule has 19 heavy (non-hydrogen) atoms. The van der Waals surface area contributed by atoms with Crippen molar-refractivity contribution in [2.24, 2.45) is 5.92 Å². The van der Waals surface area contributed by atoms with Crippen LogP contribution in [0.15, 0.2) is 24.3 Å². The average molecular weight is 259 g/mol. The largest absolute Gasteiger partial charge is 0.497 e. The third-order valence-corrected chi connectivity index (χ3v) is 4.30. The molecule has 2 fully saturated rings. The van der Waals surface area contributed by atoms with Gasteiger partial charge in [-0.2, -0.15) is 0 Å². The number of rotatable bonds is 3. The lowest BCUT2D eigenvalue weighted by Gasteiger charge is -2.32. The lowest BCUT2D eigenvalue weighted by atomic mass is 9.89. The fourth-order valence-electron chi connectivity index (χ4n) is 2.92. The second kappa shape index (κ2) is 5.24. The molecule has 0 aromatic heterocycles. The van der Waals surface area contributed by atoms with Gasteiger partial charge in [0.05, 0.1) is 7.11 Å². The maximum Gasteiger partial charge on any atom is 0.225 e. The summed E-state index contributed by atoms with van der Waals surface area (Å²) in [5, 5.41) is 0. The van der Waals surface area contributed by atoms with E-state index in [2.05, 4.69) is 23.1 Å². The minimum absolute atomic E-state index is 0.355. The molecule has 1 heterocycles. The molecule has 2 aliphatic rings. The van der Waals surface area contributed by atoms with Gasteiger partial charge in [-0.05, 0) is 49.3 Å². The van der Waals surface area contributed by atoms with Crippen LogP contribution in [0.5, 0.6) is 5.75 Å². The molecule has 0 atom stereocenters. The summed E-state index contributed by atoms with van der Waals surface area (Å²) in [4.78, 5) is 14.1. The summed E-state index contributed by atoms with van der Waals surface area (Å²) in [5.74, 6) is 2.24. The molecule has 0 bridgehead atoms. The standard InChI is InChI=1S/C16H21NO2/c1-19-15-4-2-3-14(11-15)12-7-9-17(10-8-12)16(18)13-5-6-13/h2-4,11-13H,5-10H2,1H3. The van der Waals surface area contributed by atoms with E-state index < -0.39 is 0 Å². The van der Waals surface area contributed by atoms with Gasteiger partial charge >= 0.3 is 0 Å². The van der Waals surface area contributed by atoms with Crippen molar-refractivity contribution < 1.29 is 9.53 Å². The smallest absolute Gasteiger partial charge is 0.225 e.